The number of aryl methyl sites for hydroxylation is 2. The Bertz CT molecular complexity index is 641. The molecule has 0 spiro atoms. The van der Waals surface area contributed by atoms with Crippen LogP contribution in [-0.4, -0.2) is 16.0 Å². The van der Waals surface area contributed by atoms with Crippen molar-refractivity contribution in [2.45, 2.75) is 20.3 Å². The highest BCUT2D eigenvalue weighted by Crippen LogP contribution is 2.28. The van der Waals surface area contributed by atoms with Crippen LogP contribution in [0.5, 0.6) is 0 Å². The molecule has 2 aromatic rings. The van der Waals surface area contributed by atoms with Crippen molar-refractivity contribution in [3.8, 4) is 0 Å². The minimum absolute atomic E-state index is 0.178. The van der Waals surface area contributed by atoms with Crippen LogP contribution in [0, 0.1) is 6.92 Å². The van der Waals surface area contributed by atoms with E-state index in [0.29, 0.717) is 34.0 Å². The summed E-state index contributed by atoms with van der Waals surface area (Å²) in [6, 6.07) is 6.74. The lowest BCUT2D eigenvalue weighted by Gasteiger charge is -2.08. The van der Waals surface area contributed by atoms with Crippen LogP contribution in [-0.2, 0) is 6.42 Å². The molecule has 1 aromatic carbocycles. The van der Waals surface area contributed by atoms with E-state index in [0.717, 1.165) is 0 Å². The van der Waals surface area contributed by atoms with Crippen molar-refractivity contribution in [3.05, 3.63) is 56.8 Å². The third-order valence-electron chi connectivity index (χ3n) is 2.77. The molecule has 0 saturated carbocycles. The first-order valence-corrected chi connectivity index (χ1v) is 6.62. The van der Waals surface area contributed by atoms with Crippen LogP contribution in [0.15, 0.2) is 24.3 Å². The van der Waals surface area contributed by atoms with Gasteiger partial charge in [0.15, 0.2) is 5.78 Å². The maximum atomic E-state index is 12.5. The van der Waals surface area contributed by atoms with Gasteiger partial charge in [-0.05, 0) is 31.5 Å². The van der Waals surface area contributed by atoms with Crippen LogP contribution in [0.2, 0.25) is 10.0 Å². The van der Waals surface area contributed by atoms with Crippen molar-refractivity contribution in [2.75, 3.05) is 0 Å². The minimum atomic E-state index is -0.178. The Balaban J connectivity index is 2.56. The number of hydrogen-bond acceptors (Lipinski definition) is 3. The molecular formula is C14H12Cl2N2O. The molecule has 1 heterocycles. The molecule has 0 unspecified atom stereocenters. The molecule has 3 nitrogen and oxygen atoms in total. The average molecular weight is 295 g/mol. The lowest BCUT2D eigenvalue weighted by Crippen LogP contribution is -2.09. The van der Waals surface area contributed by atoms with E-state index in [1.807, 2.05) is 6.92 Å². The van der Waals surface area contributed by atoms with E-state index in [1.54, 1.807) is 31.2 Å². The van der Waals surface area contributed by atoms with Gasteiger partial charge in [0, 0.05) is 11.1 Å². The fourth-order valence-corrected chi connectivity index (χ4v) is 2.18. The Morgan fingerprint density at radius 3 is 2.63 bits per heavy atom. The average Bonchev–Trinajstić information content (AvgIpc) is 2.41. The van der Waals surface area contributed by atoms with E-state index < -0.39 is 0 Å². The van der Waals surface area contributed by atoms with Gasteiger partial charge in [-0.2, -0.15) is 10.2 Å². The van der Waals surface area contributed by atoms with Gasteiger partial charge >= 0.3 is 0 Å². The van der Waals surface area contributed by atoms with E-state index in [2.05, 4.69) is 10.2 Å². The number of carbonyl (C=O) groups is 1. The van der Waals surface area contributed by atoms with Gasteiger partial charge in [-0.3, -0.25) is 4.79 Å². The summed E-state index contributed by atoms with van der Waals surface area (Å²) in [7, 11) is 0. The molecule has 2 rings (SSSR count). The van der Waals surface area contributed by atoms with Crippen LogP contribution in [0.1, 0.15) is 34.2 Å². The van der Waals surface area contributed by atoms with E-state index >= 15 is 0 Å². The number of carbonyl (C=O) groups excluding carboxylic acids is 1. The molecule has 1 aromatic heterocycles. The van der Waals surface area contributed by atoms with Gasteiger partial charge in [0.25, 0.3) is 0 Å². The Morgan fingerprint density at radius 2 is 1.95 bits per heavy atom. The summed E-state index contributed by atoms with van der Waals surface area (Å²) in [5.74, 6) is -0.178. The number of rotatable bonds is 3. The van der Waals surface area contributed by atoms with Gasteiger partial charge in [-0.1, -0.05) is 36.2 Å². The molecule has 98 valence electrons. The lowest BCUT2D eigenvalue weighted by atomic mass is 10.0. The Labute approximate surface area is 121 Å². The molecule has 0 aliphatic heterocycles. The summed E-state index contributed by atoms with van der Waals surface area (Å²) >= 11 is 12.0. The first-order valence-electron chi connectivity index (χ1n) is 5.86. The molecule has 0 aliphatic carbocycles. The van der Waals surface area contributed by atoms with Crippen molar-refractivity contribution in [2.24, 2.45) is 0 Å². The zero-order valence-corrected chi connectivity index (χ0v) is 12.1. The Kier molecular flexibility index (Phi) is 4.17. The van der Waals surface area contributed by atoms with Gasteiger partial charge in [0.2, 0.25) is 0 Å². The van der Waals surface area contributed by atoms with Gasteiger partial charge in [-0.15, -0.1) is 0 Å². The molecule has 0 atom stereocenters. The fourth-order valence-electron chi connectivity index (χ4n) is 1.80. The van der Waals surface area contributed by atoms with E-state index in [1.165, 1.54) is 0 Å². The molecule has 0 N–H and O–H groups in total. The van der Waals surface area contributed by atoms with E-state index in [4.69, 9.17) is 23.2 Å². The molecular weight excluding hydrogens is 283 g/mol. The van der Waals surface area contributed by atoms with Crippen LogP contribution in [0.3, 0.4) is 0 Å². The SMILES string of the molecule is CCc1nnc(C)cc1C(=O)c1cccc(Cl)c1Cl. The summed E-state index contributed by atoms with van der Waals surface area (Å²) < 4.78 is 0. The smallest absolute Gasteiger partial charge is 0.196 e. The number of benzene rings is 1. The monoisotopic (exact) mass is 294 g/mol. The summed E-state index contributed by atoms with van der Waals surface area (Å²) in [5, 5.41) is 8.65. The molecule has 0 fully saturated rings. The summed E-state index contributed by atoms with van der Waals surface area (Å²) in [5.41, 5.74) is 2.26. The molecule has 0 radical (unpaired) electrons. The fraction of sp³-hybridized carbons (Fsp3) is 0.214. The normalized spacial score (nSPS) is 10.5. The number of hydrogen-bond donors (Lipinski definition) is 0. The predicted octanol–water partition coefficient (Wildman–Crippen LogP) is 3.89. The maximum Gasteiger partial charge on any atom is 0.196 e. The quantitative estimate of drug-likeness (QED) is 0.807. The topological polar surface area (TPSA) is 42.9 Å². The number of ketones is 1. The molecule has 5 heteroatoms. The van der Waals surface area contributed by atoms with Crippen LogP contribution < -0.4 is 0 Å². The highest BCUT2D eigenvalue weighted by Gasteiger charge is 2.18. The minimum Gasteiger partial charge on any atom is -0.288 e. The van der Waals surface area contributed by atoms with E-state index in [9.17, 15) is 4.79 Å². The summed E-state index contributed by atoms with van der Waals surface area (Å²) in [6.07, 6.45) is 0.631. The van der Waals surface area contributed by atoms with Crippen molar-refractivity contribution in [3.63, 3.8) is 0 Å². The van der Waals surface area contributed by atoms with Crippen LogP contribution in [0.4, 0.5) is 0 Å². The van der Waals surface area contributed by atoms with Crippen LogP contribution in [0.25, 0.3) is 0 Å². The third kappa shape index (κ3) is 2.77. The second-order valence-electron chi connectivity index (χ2n) is 4.13. The van der Waals surface area contributed by atoms with E-state index in [-0.39, 0.29) is 10.8 Å². The number of halogens is 2. The highest BCUT2D eigenvalue weighted by molar-refractivity contribution is 6.44. The third-order valence-corrected chi connectivity index (χ3v) is 3.59. The first kappa shape index (κ1) is 14.0. The predicted molar refractivity (Wildman–Crippen MR) is 76.0 cm³/mol. The number of aromatic nitrogens is 2. The highest BCUT2D eigenvalue weighted by atomic mass is 35.5. The van der Waals surface area contributed by atoms with Gasteiger partial charge in [0.1, 0.15) is 0 Å². The molecule has 19 heavy (non-hydrogen) atoms. The van der Waals surface area contributed by atoms with Crippen LogP contribution >= 0.6 is 23.2 Å². The van der Waals surface area contributed by atoms with Crippen molar-refractivity contribution in [1.29, 1.82) is 0 Å². The van der Waals surface area contributed by atoms with Crippen molar-refractivity contribution in [1.82, 2.24) is 10.2 Å². The van der Waals surface area contributed by atoms with Gasteiger partial charge in [0.05, 0.1) is 21.4 Å². The molecule has 0 amide bonds. The van der Waals surface area contributed by atoms with Crippen molar-refractivity contribution >= 4 is 29.0 Å². The first-order chi connectivity index (χ1) is 9.04. The molecule has 0 saturated heterocycles. The standard InChI is InChI=1S/C14H12Cl2N2O/c1-3-12-10(7-8(2)17-18-12)14(19)9-5-4-6-11(15)13(9)16/h4-7H,3H2,1-2H3. The zero-order valence-electron chi connectivity index (χ0n) is 10.6. The molecule has 0 bridgehead atoms. The Hall–Kier alpha value is -1.45. The molecule has 0 aliphatic rings. The summed E-state index contributed by atoms with van der Waals surface area (Å²) in [6.45, 7) is 3.72. The second-order valence-corrected chi connectivity index (χ2v) is 4.92. The number of nitrogens with zero attached hydrogens (tertiary/aromatic N) is 2. The Morgan fingerprint density at radius 1 is 1.21 bits per heavy atom. The lowest BCUT2D eigenvalue weighted by molar-refractivity contribution is 0.103. The van der Waals surface area contributed by atoms with Crippen molar-refractivity contribution < 1.29 is 4.79 Å². The largest absolute Gasteiger partial charge is 0.288 e. The van der Waals surface area contributed by atoms with Gasteiger partial charge < -0.3 is 0 Å². The maximum absolute atomic E-state index is 12.5. The summed E-state index contributed by atoms with van der Waals surface area (Å²) in [4.78, 5) is 12.5. The second kappa shape index (κ2) is 5.68. The zero-order chi connectivity index (χ0) is 14.0. The van der Waals surface area contributed by atoms with Gasteiger partial charge in [-0.25, -0.2) is 0 Å².